The van der Waals surface area contributed by atoms with Gasteiger partial charge in [-0.05, 0) is 59.5 Å². The van der Waals surface area contributed by atoms with Gasteiger partial charge >= 0.3 is 0 Å². The number of nitrogens with zero attached hydrogens (tertiary/aromatic N) is 2. The van der Waals surface area contributed by atoms with Crippen LogP contribution in [0.2, 0.25) is 0 Å². The minimum absolute atomic E-state index is 1.13. The number of hydrogen-bond acceptors (Lipinski definition) is 3. The molecular weight excluding hydrogens is 174 g/mol. The Hall–Kier alpha value is -0.120. The summed E-state index contributed by atoms with van der Waals surface area (Å²) >= 11 is 0. The van der Waals surface area contributed by atoms with Gasteiger partial charge < -0.3 is 15.1 Å². The standard InChI is InChI=1S/C11H25N3/c1-12-6-5-7-13(2)10-11-14-8-3-4-9-14/h12H,3-11H2,1-2H3. The van der Waals surface area contributed by atoms with Crippen LogP contribution in [0.5, 0.6) is 0 Å². The average Bonchev–Trinajstić information content (AvgIpc) is 2.68. The summed E-state index contributed by atoms with van der Waals surface area (Å²) < 4.78 is 0. The van der Waals surface area contributed by atoms with Gasteiger partial charge in [0.2, 0.25) is 0 Å². The molecule has 0 aliphatic carbocycles. The largest absolute Gasteiger partial charge is 0.320 e. The van der Waals surface area contributed by atoms with E-state index in [1.165, 1.54) is 52.0 Å². The molecule has 0 spiro atoms. The lowest BCUT2D eigenvalue weighted by Gasteiger charge is -2.21. The van der Waals surface area contributed by atoms with Gasteiger partial charge in [-0.15, -0.1) is 0 Å². The molecule has 0 amide bonds. The zero-order valence-electron chi connectivity index (χ0n) is 9.76. The van der Waals surface area contributed by atoms with Gasteiger partial charge in [0, 0.05) is 13.1 Å². The highest BCUT2D eigenvalue weighted by Crippen LogP contribution is 2.06. The molecular formula is C11H25N3. The summed E-state index contributed by atoms with van der Waals surface area (Å²) in [6, 6.07) is 0. The third kappa shape index (κ3) is 4.94. The lowest BCUT2D eigenvalue weighted by Crippen LogP contribution is -2.32. The smallest absolute Gasteiger partial charge is 0.0109 e. The molecule has 0 bridgehead atoms. The fourth-order valence-electron chi connectivity index (χ4n) is 1.96. The fraction of sp³-hybridized carbons (Fsp3) is 1.00. The Morgan fingerprint density at radius 2 is 1.93 bits per heavy atom. The average molecular weight is 199 g/mol. The Bertz CT molecular complexity index is 132. The first-order valence-electron chi connectivity index (χ1n) is 5.88. The van der Waals surface area contributed by atoms with Gasteiger partial charge in [0.05, 0.1) is 0 Å². The van der Waals surface area contributed by atoms with E-state index in [1.807, 2.05) is 7.05 Å². The van der Waals surface area contributed by atoms with E-state index >= 15 is 0 Å². The van der Waals surface area contributed by atoms with E-state index in [4.69, 9.17) is 0 Å². The van der Waals surface area contributed by atoms with Crippen molar-refractivity contribution in [2.24, 2.45) is 0 Å². The second-order valence-corrected chi connectivity index (χ2v) is 4.31. The van der Waals surface area contributed by atoms with Crippen molar-refractivity contribution in [1.82, 2.24) is 15.1 Å². The molecule has 1 aliphatic heterocycles. The molecule has 1 heterocycles. The monoisotopic (exact) mass is 199 g/mol. The maximum atomic E-state index is 3.18. The zero-order valence-corrected chi connectivity index (χ0v) is 9.76. The second kappa shape index (κ2) is 7.21. The van der Waals surface area contributed by atoms with E-state index in [1.54, 1.807) is 0 Å². The molecule has 0 unspecified atom stereocenters. The second-order valence-electron chi connectivity index (χ2n) is 4.31. The molecule has 0 atom stereocenters. The fourth-order valence-corrected chi connectivity index (χ4v) is 1.96. The van der Waals surface area contributed by atoms with Crippen LogP contribution in [0, 0.1) is 0 Å². The van der Waals surface area contributed by atoms with Crippen molar-refractivity contribution in [3.63, 3.8) is 0 Å². The van der Waals surface area contributed by atoms with Gasteiger partial charge in [-0.1, -0.05) is 0 Å². The van der Waals surface area contributed by atoms with Crippen LogP contribution in [0.15, 0.2) is 0 Å². The van der Waals surface area contributed by atoms with Crippen molar-refractivity contribution in [3.8, 4) is 0 Å². The van der Waals surface area contributed by atoms with Crippen molar-refractivity contribution in [2.75, 3.05) is 53.4 Å². The van der Waals surface area contributed by atoms with Crippen molar-refractivity contribution >= 4 is 0 Å². The van der Waals surface area contributed by atoms with Gasteiger partial charge in [-0.3, -0.25) is 0 Å². The Balaban J connectivity index is 1.93. The molecule has 1 fully saturated rings. The Morgan fingerprint density at radius 1 is 1.21 bits per heavy atom. The van der Waals surface area contributed by atoms with Gasteiger partial charge in [-0.2, -0.15) is 0 Å². The third-order valence-electron chi connectivity index (χ3n) is 2.96. The van der Waals surface area contributed by atoms with Crippen LogP contribution in [0.3, 0.4) is 0 Å². The van der Waals surface area contributed by atoms with Crippen LogP contribution < -0.4 is 5.32 Å². The summed E-state index contributed by atoms with van der Waals surface area (Å²) in [6.45, 7) is 7.48. The van der Waals surface area contributed by atoms with Crippen molar-refractivity contribution < 1.29 is 0 Å². The summed E-state index contributed by atoms with van der Waals surface area (Å²) in [5.74, 6) is 0. The number of rotatable bonds is 7. The highest BCUT2D eigenvalue weighted by molar-refractivity contribution is 4.67. The predicted molar refractivity (Wildman–Crippen MR) is 61.7 cm³/mol. The molecule has 1 rings (SSSR count). The van der Waals surface area contributed by atoms with Crippen LogP contribution in [0.25, 0.3) is 0 Å². The molecule has 1 saturated heterocycles. The minimum Gasteiger partial charge on any atom is -0.320 e. The van der Waals surface area contributed by atoms with Crippen LogP contribution in [-0.4, -0.2) is 63.2 Å². The Kier molecular flexibility index (Phi) is 6.15. The van der Waals surface area contributed by atoms with Crippen molar-refractivity contribution in [2.45, 2.75) is 19.3 Å². The predicted octanol–water partition coefficient (Wildman–Crippen LogP) is 0.624. The van der Waals surface area contributed by atoms with Crippen LogP contribution >= 0.6 is 0 Å². The summed E-state index contributed by atoms with van der Waals surface area (Å²) in [5.41, 5.74) is 0. The minimum atomic E-state index is 1.13. The molecule has 0 aromatic heterocycles. The van der Waals surface area contributed by atoms with Gasteiger partial charge in [0.25, 0.3) is 0 Å². The normalized spacial score (nSPS) is 18.2. The van der Waals surface area contributed by atoms with Gasteiger partial charge in [0.15, 0.2) is 0 Å². The van der Waals surface area contributed by atoms with Crippen LogP contribution in [0.1, 0.15) is 19.3 Å². The lowest BCUT2D eigenvalue weighted by atomic mass is 10.4. The maximum absolute atomic E-state index is 3.18. The van der Waals surface area contributed by atoms with E-state index in [9.17, 15) is 0 Å². The van der Waals surface area contributed by atoms with Crippen LogP contribution in [-0.2, 0) is 0 Å². The highest BCUT2D eigenvalue weighted by Gasteiger charge is 2.11. The summed E-state index contributed by atoms with van der Waals surface area (Å²) in [7, 11) is 4.25. The number of likely N-dealkylation sites (N-methyl/N-ethyl adjacent to an activating group) is 1. The molecule has 0 saturated carbocycles. The summed E-state index contributed by atoms with van der Waals surface area (Å²) in [6.07, 6.45) is 4.07. The summed E-state index contributed by atoms with van der Waals surface area (Å²) in [5, 5.41) is 3.18. The molecule has 84 valence electrons. The van der Waals surface area contributed by atoms with Crippen molar-refractivity contribution in [1.29, 1.82) is 0 Å². The Morgan fingerprint density at radius 3 is 2.57 bits per heavy atom. The molecule has 3 nitrogen and oxygen atoms in total. The molecule has 3 heteroatoms. The molecule has 0 aromatic carbocycles. The molecule has 0 radical (unpaired) electrons. The van der Waals surface area contributed by atoms with E-state index in [0.29, 0.717) is 0 Å². The highest BCUT2D eigenvalue weighted by atomic mass is 15.2. The first-order valence-corrected chi connectivity index (χ1v) is 5.88. The van der Waals surface area contributed by atoms with E-state index in [0.717, 1.165) is 6.54 Å². The first kappa shape index (κ1) is 12.0. The molecule has 14 heavy (non-hydrogen) atoms. The number of likely N-dealkylation sites (tertiary alicyclic amines) is 1. The van der Waals surface area contributed by atoms with E-state index < -0.39 is 0 Å². The molecule has 1 aliphatic rings. The van der Waals surface area contributed by atoms with Crippen LogP contribution in [0.4, 0.5) is 0 Å². The van der Waals surface area contributed by atoms with E-state index in [-0.39, 0.29) is 0 Å². The van der Waals surface area contributed by atoms with E-state index in [2.05, 4.69) is 22.2 Å². The SMILES string of the molecule is CNCCCN(C)CCN1CCCC1. The number of nitrogens with one attached hydrogen (secondary N) is 1. The van der Waals surface area contributed by atoms with Crippen molar-refractivity contribution in [3.05, 3.63) is 0 Å². The third-order valence-corrected chi connectivity index (χ3v) is 2.96. The lowest BCUT2D eigenvalue weighted by molar-refractivity contribution is 0.255. The Labute approximate surface area is 88.5 Å². The van der Waals surface area contributed by atoms with Gasteiger partial charge in [-0.25, -0.2) is 0 Å². The first-order chi connectivity index (χ1) is 6.83. The topological polar surface area (TPSA) is 18.5 Å². The molecule has 1 N–H and O–H groups in total. The number of hydrogen-bond donors (Lipinski definition) is 1. The zero-order chi connectivity index (χ0) is 10.2. The maximum Gasteiger partial charge on any atom is 0.0109 e. The molecule has 0 aromatic rings. The summed E-state index contributed by atoms with van der Waals surface area (Å²) in [4.78, 5) is 5.02. The quantitative estimate of drug-likeness (QED) is 0.607. The van der Waals surface area contributed by atoms with Gasteiger partial charge in [0.1, 0.15) is 0 Å².